The van der Waals surface area contributed by atoms with Crippen LogP contribution in [0.25, 0.3) is 0 Å². The second kappa shape index (κ2) is 6.63. The number of carbonyl (C=O) groups is 1. The van der Waals surface area contributed by atoms with Gasteiger partial charge in [-0.1, -0.05) is 19.8 Å². The fraction of sp³-hybridized carbons (Fsp3) is 0.765. The minimum atomic E-state index is 0.150. The Morgan fingerprint density at radius 2 is 2.00 bits per heavy atom. The predicted octanol–water partition coefficient (Wildman–Crippen LogP) is 3.29. The summed E-state index contributed by atoms with van der Waals surface area (Å²) in [5.41, 5.74) is 4.03. The van der Waals surface area contributed by atoms with E-state index in [2.05, 4.69) is 10.00 Å². The lowest BCUT2D eigenvalue weighted by molar-refractivity contribution is -0.121. The van der Waals surface area contributed by atoms with Gasteiger partial charge in [0.25, 0.3) is 0 Å². The Labute approximate surface area is 127 Å². The van der Waals surface area contributed by atoms with Crippen LogP contribution in [0, 0.1) is 0 Å². The third-order valence-corrected chi connectivity index (χ3v) is 4.89. The van der Waals surface area contributed by atoms with Gasteiger partial charge in [-0.05, 0) is 50.5 Å². The fourth-order valence-corrected chi connectivity index (χ4v) is 3.79. The highest BCUT2D eigenvalue weighted by molar-refractivity contribution is 5.75. The van der Waals surface area contributed by atoms with Gasteiger partial charge in [-0.25, -0.2) is 0 Å². The van der Waals surface area contributed by atoms with E-state index < -0.39 is 0 Å². The number of carbonyl (C=O) groups excluding carboxylic acids is 1. The minimum absolute atomic E-state index is 0.150. The van der Waals surface area contributed by atoms with Crippen LogP contribution < -0.4 is 5.32 Å². The van der Waals surface area contributed by atoms with Gasteiger partial charge in [0.2, 0.25) is 5.91 Å². The Morgan fingerprint density at radius 3 is 2.76 bits per heavy atom. The molecule has 4 nitrogen and oxygen atoms in total. The molecule has 0 unspecified atom stereocenters. The zero-order valence-corrected chi connectivity index (χ0v) is 13.2. The summed E-state index contributed by atoms with van der Waals surface area (Å²) in [6.07, 6.45) is 11.6. The first-order valence-electron chi connectivity index (χ1n) is 8.65. The van der Waals surface area contributed by atoms with E-state index in [4.69, 9.17) is 5.10 Å². The third kappa shape index (κ3) is 3.14. The fourth-order valence-electron chi connectivity index (χ4n) is 3.79. The first kappa shape index (κ1) is 14.6. The first-order chi connectivity index (χ1) is 10.3. The third-order valence-electron chi connectivity index (χ3n) is 4.89. The summed E-state index contributed by atoms with van der Waals surface area (Å²) in [6, 6.07) is 0.608. The molecule has 3 rings (SSSR count). The monoisotopic (exact) mass is 289 g/mol. The number of fused-ring (bicyclic) bond motifs is 1. The second-order valence-electron chi connectivity index (χ2n) is 6.49. The quantitative estimate of drug-likeness (QED) is 0.904. The topological polar surface area (TPSA) is 46.9 Å². The van der Waals surface area contributed by atoms with Gasteiger partial charge in [0, 0.05) is 12.1 Å². The molecule has 0 spiro atoms. The van der Waals surface area contributed by atoms with Crippen molar-refractivity contribution in [1.82, 2.24) is 15.1 Å². The number of nitrogens with zero attached hydrogens (tertiary/aromatic N) is 2. The van der Waals surface area contributed by atoms with Crippen LogP contribution in [0.15, 0.2) is 0 Å². The van der Waals surface area contributed by atoms with Crippen molar-refractivity contribution in [3.8, 4) is 0 Å². The molecule has 1 aromatic rings. The molecule has 1 saturated carbocycles. The van der Waals surface area contributed by atoms with Gasteiger partial charge < -0.3 is 5.32 Å². The minimum Gasteiger partial charge on any atom is -0.350 e. The Morgan fingerprint density at radius 1 is 1.24 bits per heavy atom. The number of hydrogen-bond donors (Lipinski definition) is 1. The van der Waals surface area contributed by atoms with Crippen molar-refractivity contribution in [2.24, 2.45) is 0 Å². The van der Waals surface area contributed by atoms with Crippen LogP contribution in [0.3, 0.4) is 0 Å². The van der Waals surface area contributed by atoms with Crippen molar-refractivity contribution in [2.75, 3.05) is 0 Å². The van der Waals surface area contributed by atoms with E-state index in [0.29, 0.717) is 19.0 Å². The van der Waals surface area contributed by atoms with Crippen LogP contribution in [0.4, 0.5) is 0 Å². The number of hydrogen-bond acceptors (Lipinski definition) is 2. The molecule has 21 heavy (non-hydrogen) atoms. The molecule has 0 atom stereocenters. The summed E-state index contributed by atoms with van der Waals surface area (Å²) in [5.74, 6) is 0.150. The Kier molecular flexibility index (Phi) is 4.61. The molecule has 1 aromatic heterocycles. The van der Waals surface area contributed by atoms with E-state index in [9.17, 15) is 4.79 Å². The van der Waals surface area contributed by atoms with Crippen molar-refractivity contribution in [3.63, 3.8) is 0 Å². The normalized spacial score (nSPS) is 18.7. The molecule has 1 fully saturated rings. The molecule has 0 saturated heterocycles. The standard InChI is InChI=1S/C17H27N3O/c1-2-7-17(21)18-12-15-14-10-5-6-11-16(14)20(19-15)13-8-3-4-9-13/h13H,2-12H2,1H3,(H,18,21). The highest BCUT2D eigenvalue weighted by atomic mass is 16.1. The highest BCUT2D eigenvalue weighted by Gasteiger charge is 2.26. The molecule has 4 heteroatoms. The Hall–Kier alpha value is -1.32. The lowest BCUT2D eigenvalue weighted by atomic mass is 9.95. The van der Waals surface area contributed by atoms with E-state index in [-0.39, 0.29) is 5.91 Å². The van der Waals surface area contributed by atoms with Gasteiger partial charge in [-0.3, -0.25) is 9.48 Å². The zero-order valence-electron chi connectivity index (χ0n) is 13.2. The molecule has 1 N–H and O–H groups in total. The maximum atomic E-state index is 11.7. The molecule has 0 bridgehead atoms. The largest absolute Gasteiger partial charge is 0.350 e. The molecule has 116 valence electrons. The molecule has 2 aliphatic carbocycles. The zero-order chi connectivity index (χ0) is 14.7. The summed E-state index contributed by atoms with van der Waals surface area (Å²) < 4.78 is 2.32. The maximum absolute atomic E-state index is 11.7. The first-order valence-corrected chi connectivity index (χ1v) is 8.65. The van der Waals surface area contributed by atoms with Crippen LogP contribution in [-0.2, 0) is 24.2 Å². The molecule has 1 amide bonds. The second-order valence-corrected chi connectivity index (χ2v) is 6.49. The SMILES string of the molecule is CCCC(=O)NCc1nn(C2CCCC2)c2c1CCCC2. The lowest BCUT2D eigenvalue weighted by Gasteiger charge is -2.18. The summed E-state index contributed by atoms with van der Waals surface area (Å²) in [5, 5.41) is 7.95. The lowest BCUT2D eigenvalue weighted by Crippen LogP contribution is -2.23. The molecule has 0 radical (unpaired) electrons. The van der Waals surface area contributed by atoms with E-state index >= 15 is 0 Å². The van der Waals surface area contributed by atoms with Crippen molar-refractivity contribution in [1.29, 1.82) is 0 Å². The molecular weight excluding hydrogens is 262 g/mol. The van der Waals surface area contributed by atoms with Gasteiger partial charge >= 0.3 is 0 Å². The van der Waals surface area contributed by atoms with Gasteiger partial charge in [0.15, 0.2) is 0 Å². The number of rotatable bonds is 5. The van der Waals surface area contributed by atoms with Gasteiger partial charge in [-0.15, -0.1) is 0 Å². The molecular formula is C17H27N3O. The van der Waals surface area contributed by atoms with Crippen LogP contribution in [0.5, 0.6) is 0 Å². The molecule has 0 aromatic carbocycles. The molecule has 2 aliphatic rings. The van der Waals surface area contributed by atoms with Crippen molar-refractivity contribution in [3.05, 3.63) is 17.0 Å². The van der Waals surface area contributed by atoms with E-state index in [1.165, 1.54) is 56.2 Å². The van der Waals surface area contributed by atoms with Crippen molar-refractivity contribution >= 4 is 5.91 Å². The molecule has 1 heterocycles. The summed E-state index contributed by atoms with van der Waals surface area (Å²) in [6.45, 7) is 2.65. The predicted molar refractivity (Wildman–Crippen MR) is 83.1 cm³/mol. The van der Waals surface area contributed by atoms with Crippen molar-refractivity contribution < 1.29 is 4.79 Å². The Balaban J connectivity index is 1.78. The smallest absolute Gasteiger partial charge is 0.220 e. The highest BCUT2D eigenvalue weighted by Crippen LogP contribution is 2.34. The summed E-state index contributed by atoms with van der Waals surface area (Å²) >= 11 is 0. The van der Waals surface area contributed by atoms with Gasteiger partial charge in [0.05, 0.1) is 18.3 Å². The van der Waals surface area contributed by atoms with Gasteiger partial charge in [-0.2, -0.15) is 5.10 Å². The average Bonchev–Trinajstić information content (AvgIpc) is 3.13. The maximum Gasteiger partial charge on any atom is 0.220 e. The number of amides is 1. The Bertz CT molecular complexity index is 500. The summed E-state index contributed by atoms with van der Waals surface area (Å²) in [4.78, 5) is 11.7. The molecule has 0 aliphatic heterocycles. The number of nitrogens with one attached hydrogen (secondary N) is 1. The van der Waals surface area contributed by atoms with Crippen LogP contribution in [0.2, 0.25) is 0 Å². The van der Waals surface area contributed by atoms with E-state index in [1.54, 1.807) is 0 Å². The average molecular weight is 289 g/mol. The van der Waals surface area contributed by atoms with Crippen molar-refractivity contribution in [2.45, 2.75) is 83.7 Å². The van der Waals surface area contributed by atoms with Crippen LogP contribution in [-0.4, -0.2) is 15.7 Å². The van der Waals surface area contributed by atoms with E-state index in [0.717, 1.165) is 18.5 Å². The van der Waals surface area contributed by atoms with Crippen LogP contribution >= 0.6 is 0 Å². The van der Waals surface area contributed by atoms with Gasteiger partial charge in [0.1, 0.15) is 0 Å². The summed E-state index contributed by atoms with van der Waals surface area (Å²) in [7, 11) is 0. The van der Waals surface area contributed by atoms with E-state index in [1.807, 2.05) is 6.92 Å². The number of aromatic nitrogens is 2. The van der Waals surface area contributed by atoms with Crippen LogP contribution in [0.1, 0.15) is 81.3 Å².